The van der Waals surface area contributed by atoms with E-state index in [1.54, 1.807) is 7.11 Å². The van der Waals surface area contributed by atoms with Crippen molar-refractivity contribution in [2.75, 3.05) is 20.2 Å². The second kappa shape index (κ2) is 6.75. The predicted octanol–water partition coefficient (Wildman–Crippen LogP) is 2.36. The van der Waals surface area contributed by atoms with Gasteiger partial charge in [0.15, 0.2) is 0 Å². The Morgan fingerprint density at radius 1 is 1.25 bits per heavy atom. The van der Waals surface area contributed by atoms with Gasteiger partial charge in [-0.1, -0.05) is 18.2 Å². The molecule has 1 aromatic carbocycles. The lowest BCUT2D eigenvalue weighted by Crippen LogP contribution is -2.44. The number of hydrogen-bond acceptors (Lipinski definition) is 3. The van der Waals surface area contributed by atoms with Crippen molar-refractivity contribution in [3.05, 3.63) is 29.8 Å². The van der Waals surface area contributed by atoms with E-state index in [-0.39, 0.29) is 18.0 Å². The van der Waals surface area contributed by atoms with Gasteiger partial charge in [0.05, 0.1) is 13.2 Å². The molecule has 1 aliphatic rings. The van der Waals surface area contributed by atoms with E-state index < -0.39 is 0 Å². The number of rotatable bonds is 5. The molecule has 1 fully saturated rings. The maximum atomic E-state index is 12.3. The minimum atomic E-state index is -0.173. The molecule has 1 aromatic rings. The van der Waals surface area contributed by atoms with E-state index in [4.69, 9.17) is 4.74 Å². The number of carbonyl (C=O) groups is 1. The molecule has 1 aliphatic heterocycles. The van der Waals surface area contributed by atoms with Gasteiger partial charge >= 0.3 is 0 Å². The van der Waals surface area contributed by atoms with Crippen LogP contribution in [0.1, 0.15) is 38.3 Å². The van der Waals surface area contributed by atoms with Crippen molar-refractivity contribution < 1.29 is 9.53 Å². The van der Waals surface area contributed by atoms with Crippen LogP contribution in [0.5, 0.6) is 5.75 Å². The average Bonchev–Trinajstić information content (AvgIpc) is 3.00. The summed E-state index contributed by atoms with van der Waals surface area (Å²) in [4.78, 5) is 14.2. The largest absolute Gasteiger partial charge is 0.496 e. The lowest BCUT2D eigenvalue weighted by molar-refractivity contribution is -0.132. The highest BCUT2D eigenvalue weighted by Gasteiger charge is 2.24. The van der Waals surface area contributed by atoms with Crippen molar-refractivity contribution in [1.29, 1.82) is 0 Å². The van der Waals surface area contributed by atoms with Crippen LogP contribution in [-0.2, 0) is 4.79 Å². The van der Waals surface area contributed by atoms with Gasteiger partial charge in [-0.05, 0) is 32.8 Å². The Balaban J connectivity index is 1.99. The van der Waals surface area contributed by atoms with E-state index in [0.29, 0.717) is 0 Å². The smallest absolute Gasteiger partial charge is 0.239 e. The van der Waals surface area contributed by atoms with E-state index >= 15 is 0 Å². The van der Waals surface area contributed by atoms with Gasteiger partial charge in [0, 0.05) is 24.7 Å². The van der Waals surface area contributed by atoms with E-state index in [1.807, 2.05) is 36.1 Å². The van der Waals surface area contributed by atoms with E-state index in [2.05, 4.69) is 12.2 Å². The van der Waals surface area contributed by atoms with Crippen molar-refractivity contribution in [3.8, 4) is 5.75 Å². The maximum Gasteiger partial charge on any atom is 0.239 e. The monoisotopic (exact) mass is 276 g/mol. The molecule has 4 nitrogen and oxygen atoms in total. The Bertz CT molecular complexity index is 456. The fourth-order valence-electron chi connectivity index (χ4n) is 2.77. The summed E-state index contributed by atoms with van der Waals surface area (Å²) in [6.07, 6.45) is 2.25. The van der Waals surface area contributed by atoms with Crippen molar-refractivity contribution in [3.63, 3.8) is 0 Å². The Morgan fingerprint density at radius 2 is 1.90 bits per heavy atom. The molecule has 0 saturated carbocycles. The molecule has 4 heteroatoms. The summed E-state index contributed by atoms with van der Waals surface area (Å²) in [5.74, 6) is 1.05. The fraction of sp³-hybridized carbons (Fsp3) is 0.562. The molecule has 0 aromatic heterocycles. The van der Waals surface area contributed by atoms with Crippen molar-refractivity contribution >= 4 is 5.91 Å². The Morgan fingerprint density at radius 3 is 2.55 bits per heavy atom. The van der Waals surface area contributed by atoms with Gasteiger partial charge in [-0.25, -0.2) is 0 Å². The SMILES string of the molecule is COc1ccccc1[C@@H](C)NC(C)C(=O)N1CCCC1. The van der Waals surface area contributed by atoms with Crippen LogP contribution in [0.25, 0.3) is 0 Å². The Labute approximate surface area is 121 Å². The number of carbonyl (C=O) groups excluding carboxylic acids is 1. The quantitative estimate of drug-likeness (QED) is 0.897. The minimum absolute atomic E-state index is 0.0766. The third-order valence-electron chi connectivity index (χ3n) is 3.89. The molecule has 0 bridgehead atoms. The normalized spacial score (nSPS) is 17.9. The van der Waals surface area contributed by atoms with E-state index in [0.717, 1.165) is 37.2 Å². The number of ether oxygens (including phenoxy) is 1. The molecular weight excluding hydrogens is 252 g/mol. The Hall–Kier alpha value is -1.55. The first-order valence-electron chi connectivity index (χ1n) is 7.31. The zero-order valence-electron chi connectivity index (χ0n) is 12.6. The van der Waals surface area contributed by atoms with Crippen LogP contribution < -0.4 is 10.1 Å². The summed E-state index contributed by atoms with van der Waals surface area (Å²) >= 11 is 0. The molecule has 1 unspecified atom stereocenters. The molecular formula is C16H24N2O2. The summed E-state index contributed by atoms with van der Waals surface area (Å²) in [7, 11) is 1.67. The summed E-state index contributed by atoms with van der Waals surface area (Å²) in [6.45, 7) is 5.79. The number of nitrogens with one attached hydrogen (secondary N) is 1. The van der Waals surface area contributed by atoms with Gasteiger partial charge in [0.1, 0.15) is 5.75 Å². The molecule has 20 heavy (non-hydrogen) atoms. The van der Waals surface area contributed by atoms with Crippen LogP contribution in [-0.4, -0.2) is 37.0 Å². The maximum absolute atomic E-state index is 12.3. The lowest BCUT2D eigenvalue weighted by Gasteiger charge is -2.25. The number of likely N-dealkylation sites (tertiary alicyclic amines) is 1. The number of nitrogens with zero attached hydrogens (tertiary/aromatic N) is 1. The summed E-state index contributed by atoms with van der Waals surface area (Å²) in [5, 5.41) is 3.38. The molecule has 2 rings (SSSR count). The zero-order chi connectivity index (χ0) is 14.5. The predicted molar refractivity (Wildman–Crippen MR) is 79.8 cm³/mol. The van der Waals surface area contributed by atoms with Gasteiger partial charge in [-0.15, -0.1) is 0 Å². The van der Waals surface area contributed by atoms with Gasteiger partial charge in [0.25, 0.3) is 0 Å². The summed E-state index contributed by atoms with van der Waals surface area (Å²) in [5.41, 5.74) is 1.08. The van der Waals surface area contributed by atoms with Crippen molar-refractivity contribution in [2.24, 2.45) is 0 Å². The lowest BCUT2D eigenvalue weighted by atomic mass is 10.1. The number of amides is 1. The van der Waals surface area contributed by atoms with Crippen LogP contribution in [0.15, 0.2) is 24.3 Å². The molecule has 2 atom stereocenters. The van der Waals surface area contributed by atoms with Crippen LogP contribution >= 0.6 is 0 Å². The van der Waals surface area contributed by atoms with Gasteiger partial charge in [0.2, 0.25) is 5.91 Å². The van der Waals surface area contributed by atoms with Gasteiger partial charge in [-0.2, -0.15) is 0 Å². The van der Waals surface area contributed by atoms with Crippen LogP contribution in [0.2, 0.25) is 0 Å². The standard InChI is InChI=1S/C16H24N2O2/c1-12(14-8-4-5-9-15(14)20-3)17-13(2)16(19)18-10-6-7-11-18/h4-5,8-9,12-13,17H,6-7,10-11H2,1-3H3/t12-,13?/m1/s1. The van der Waals surface area contributed by atoms with Crippen molar-refractivity contribution in [2.45, 2.75) is 38.8 Å². The molecule has 110 valence electrons. The van der Waals surface area contributed by atoms with Crippen LogP contribution in [0, 0.1) is 0 Å². The third-order valence-corrected chi connectivity index (χ3v) is 3.89. The van der Waals surface area contributed by atoms with Crippen LogP contribution in [0.4, 0.5) is 0 Å². The van der Waals surface area contributed by atoms with E-state index in [1.165, 1.54) is 0 Å². The van der Waals surface area contributed by atoms with Gasteiger partial charge < -0.3 is 9.64 Å². The third kappa shape index (κ3) is 3.31. The van der Waals surface area contributed by atoms with Crippen molar-refractivity contribution in [1.82, 2.24) is 10.2 Å². The molecule has 0 aliphatic carbocycles. The van der Waals surface area contributed by atoms with E-state index in [9.17, 15) is 4.79 Å². The molecule has 1 N–H and O–H groups in total. The molecule has 0 spiro atoms. The Kier molecular flexibility index (Phi) is 5.01. The number of hydrogen-bond donors (Lipinski definition) is 1. The molecule has 1 amide bonds. The number of benzene rings is 1. The molecule has 0 radical (unpaired) electrons. The first-order chi connectivity index (χ1) is 9.63. The first-order valence-corrected chi connectivity index (χ1v) is 7.31. The summed E-state index contributed by atoms with van der Waals surface area (Å²) in [6, 6.07) is 7.82. The second-order valence-electron chi connectivity index (χ2n) is 5.38. The highest BCUT2D eigenvalue weighted by Crippen LogP contribution is 2.24. The fourth-order valence-corrected chi connectivity index (χ4v) is 2.77. The first kappa shape index (κ1) is 14.9. The molecule has 1 saturated heterocycles. The zero-order valence-corrected chi connectivity index (χ0v) is 12.6. The molecule has 1 heterocycles. The second-order valence-corrected chi connectivity index (χ2v) is 5.38. The van der Waals surface area contributed by atoms with Gasteiger partial charge in [-0.3, -0.25) is 10.1 Å². The number of para-hydroxylation sites is 1. The highest BCUT2D eigenvalue weighted by molar-refractivity contribution is 5.81. The average molecular weight is 276 g/mol. The topological polar surface area (TPSA) is 41.6 Å². The van der Waals surface area contributed by atoms with Crippen LogP contribution in [0.3, 0.4) is 0 Å². The number of methoxy groups -OCH3 is 1. The minimum Gasteiger partial charge on any atom is -0.496 e. The summed E-state index contributed by atoms with van der Waals surface area (Å²) < 4.78 is 5.37. The highest BCUT2D eigenvalue weighted by atomic mass is 16.5.